The summed E-state index contributed by atoms with van der Waals surface area (Å²) in [4.78, 5) is 32.7. The Bertz CT molecular complexity index is 582. The number of hydrogen-bond acceptors (Lipinski definition) is 4. The summed E-state index contributed by atoms with van der Waals surface area (Å²) in [5.41, 5.74) is 0.591. The van der Waals surface area contributed by atoms with E-state index in [9.17, 15) is 9.59 Å². The Kier molecular flexibility index (Phi) is 6.25. The van der Waals surface area contributed by atoms with Crippen molar-refractivity contribution in [1.82, 2.24) is 15.2 Å². The molecule has 1 aromatic heterocycles. The molecule has 3 heterocycles. The van der Waals surface area contributed by atoms with Crippen molar-refractivity contribution in [2.75, 3.05) is 37.6 Å². The first-order chi connectivity index (χ1) is 12.2. The number of nitrogens with one attached hydrogen (secondary N) is 1. The average molecular weight is 344 g/mol. The van der Waals surface area contributed by atoms with Crippen LogP contribution < -0.4 is 10.2 Å². The van der Waals surface area contributed by atoms with E-state index in [-0.39, 0.29) is 11.8 Å². The Morgan fingerprint density at radius 2 is 1.88 bits per heavy atom. The maximum absolute atomic E-state index is 12.2. The van der Waals surface area contributed by atoms with Gasteiger partial charge < -0.3 is 15.1 Å². The van der Waals surface area contributed by atoms with E-state index in [0.717, 1.165) is 57.7 Å². The lowest BCUT2D eigenvalue weighted by atomic mass is 10.2. The van der Waals surface area contributed by atoms with Crippen LogP contribution in [0.3, 0.4) is 0 Å². The lowest BCUT2D eigenvalue weighted by Gasteiger charge is -2.20. The highest BCUT2D eigenvalue weighted by molar-refractivity contribution is 5.94. The summed E-state index contributed by atoms with van der Waals surface area (Å²) in [6.07, 6.45) is 8.77. The van der Waals surface area contributed by atoms with Crippen LogP contribution in [0.2, 0.25) is 0 Å². The van der Waals surface area contributed by atoms with E-state index in [0.29, 0.717) is 18.5 Å². The molecule has 0 atom stereocenters. The molecule has 3 rings (SSSR count). The topological polar surface area (TPSA) is 65.5 Å². The van der Waals surface area contributed by atoms with Crippen LogP contribution in [-0.2, 0) is 4.79 Å². The zero-order valence-electron chi connectivity index (χ0n) is 14.9. The molecule has 2 aliphatic heterocycles. The van der Waals surface area contributed by atoms with Crippen molar-refractivity contribution < 1.29 is 9.59 Å². The zero-order valence-corrected chi connectivity index (χ0v) is 14.9. The van der Waals surface area contributed by atoms with Gasteiger partial charge in [-0.2, -0.15) is 0 Å². The molecule has 0 aliphatic carbocycles. The number of amides is 2. The molecule has 0 spiro atoms. The second-order valence-corrected chi connectivity index (χ2v) is 6.90. The number of aromatic nitrogens is 1. The van der Waals surface area contributed by atoms with Gasteiger partial charge in [-0.25, -0.2) is 4.98 Å². The largest absolute Gasteiger partial charge is 0.357 e. The van der Waals surface area contributed by atoms with Gasteiger partial charge in [0.05, 0.1) is 5.56 Å². The summed E-state index contributed by atoms with van der Waals surface area (Å²) in [6, 6.07) is 3.77. The highest BCUT2D eigenvalue weighted by atomic mass is 16.2. The van der Waals surface area contributed by atoms with E-state index in [4.69, 9.17) is 0 Å². The molecule has 6 nitrogen and oxygen atoms in total. The van der Waals surface area contributed by atoms with Crippen molar-refractivity contribution in [1.29, 1.82) is 0 Å². The fourth-order valence-corrected chi connectivity index (χ4v) is 3.50. The highest BCUT2D eigenvalue weighted by Crippen LogP contribution is 2.17. The number of rotatable bonds is 6. The quantitative estimate of drug-likeness (QED) is 0.804. The molecule has 136 valence electrons. The minimum absolute atomic E-state index is 0.0948. The molecule has 1 N–H and O–H groups in total. The first kappa shape index (κ1) is 17.7. The Morgan fingerprint density at radius 1 is 1.08 bits per heavy atom. The van der Waals surface area contributed by atoms with Crippen molar-refractivity contribution in [2.45, 2.75) is 44.9 Å². The third-order valence-electron chi connectivity index (χ3n) is 5.00. The summed E-state index contributed by atoms with van der Waals surface area (Å²) < 4.78 is 0. The summed E-state index contributed by atoms with van der Waals surface area (Å²) in [6.45, 7) is 4.26. The van der Waals surface area contributed by atoms with Crippen molar-refractivity contribution in [2.24, 2.45) is 0 Å². The van der Waals surface area contributed by atoms with Gasteiger partial charge in [-0.15, -0.1) is 0 Å². The minimum Gasteiger partial charge on any atom is -0.357 e. The monoisotopic (exact) mass is 344 g/mol. The van der Waals surface area contributed by atoms with E-state index in [1.165, 1.54) is 12.8 Å². The number of nitrogens with zero attached hydrogens (tertiary/aromatic N) is 3. The zero-order chi connectivity index (χ0) is 17.5. The number of likely N-dealkylation sites (tertiary alicyclic amines) is 1. The Hall–Kier alpha value is -2.11. The van der Waals surface area contributed by atoms with E-state index in [2.05, 4.69) is 15.2 Å². The predicted molar refractivity (Wildman–Crippen MR) is 97.7 cm³/mol. The SMILES string of the molecule is O=C(NCCCN1CCCCCC1=O)c1ccc(N2CCCC2)nc1. The van der Waals surface area contributed by atoms with Crippen molar-refractivity contribution in [3.8, 4) is 0 Å². The molecule has 2 saturated heterocycles. The third-order valence-corrected chi connectivity index (χ3v) is 5.00. The van der Waals surface area contributed by atoms with E-state index in [1.807, 2.05) is 17.0 Å². The standard InChI is InChI=1S/C19H28N4O2/c24-18-7-2-1-3-13-23(18)14-6-10-20-19(25)16-8-9-17(21-15-16)22-11-4-5-12-22/h8-9,15H,1-7,10-14H2,(H,20,25). The molecule has 0 radical (unpaired) electrons. The third kappa shape index (κ3) is 4.94. The fourth-order valence-electron chi connectivity index (χ4n) is 3.50. The molecule has 25 heavy (non-hydrogen) atoms. The molecule has 2 amide bonds. The maximum Gasteiger partial charge on any atom is 0.252 e. The predicted octanol–water partition coefficient (Wildman–Crippen LogP) is 2.20. The molecule has 0 bridgehead atoms. The van der Waals surface area contributed by atoms with Crippen molar-refractivity contribution in [3.05, 3.63) is 23.9 Å². The van der Waals surface area contributed by atoms with Gasteiger partial charge in [-0.05, 0) is 44.2 Å². The molecule has 6 heteroatoms. The first-order valence-electron chi connectivity index (χ1n) is 9.51. The first-order valence-corrected chi connectivity index (χ1v) is 9.51. The second-order valence-electron chi connectivity index (χ2n) is 6.90. The van der Waals surface area contributed by atoms with Gasteiger partial charge in [0.25, 0.3) is 5.91 Å². The van der Waals surface area contributed by atoms with Crippen molar-refractivity contribution >= 4 is 17.6 Å². The average Bonchev–Trinajstić information content (AvgIpc) is 3.10. The highest BCUT2D eigenvalue weighted by Gasteiger charge is 2.16. The molecular weight excluding hydrogens is 316 g/mol. The summed E-state index contributed by atoms with van der Waals surface area (Å²) >= 11 is 0. The molecular formula is C19H28N4O2. The fraction of sp³-hybridized carbons (Fsp3) is 0.632. The van der Waals surface area contributed by atoms with Gasteiger partial charge in [0.2, 0.25) is 5.91 Å². The Morgan fingerprint density at radius 3 is 2.64 bits per heavy atom. The summed E-state index contributed by atoms with van der Waals surface area (Å²) in [5.74, 6) is 1.11. The van der Waals surface area contributed by atoms with Crippen LogP contribution in [0.15, 0.2) is 18.3 Å². The van der Waals surface area contributed by atoms with Crippen LogP contribution in [0, 0.1) is 0 Å². The van der Waals surface area contributed by atoms with Gasteiger partial charge in [0.15, 0.2) is 0 Å². The van der Waals surface area contributed by atoms with Gasteiger partial charge >= 0.3 is 0 Å². The second kappa shape index (κ2) is 8.83. The molecule has 0 unspecified atom stereocenters. The lowest BCUT2D eigenvalue weighted by Crippen LogP contribution is -2.34. The van der Waals surface area contributed by atoms with Crippen molar-refractivity contribution in [3.63, 3.8) is 0 Å². The van der Waals surface area contributed by atoms with E-state index in [1.54, 1.807) is 6.20 Å². The molecule has 0 saturated carbocycles. The maximum atomic E-state index is 12.2. The van der Waals surface area contributed by atoms with Gasteiger partial charge in [0, 0.05) is 45.3 Å². The van der Waals surface area contributed by atoms with Crippen LogP contribution in [-0.4, -0.2) is 54.4 Å². The minimum atomic E-state index is -0.0948. The summed E-state index contributed by atoms with van der Waals surface area (Å²) in [7, 11) is 0. The molecule has 2 aliphatic rings. The van der Waals surface area contributed by atoms with Crippen LogP contribution in [0.5, 0.6) is 0 Å². The van der Waals surface area contributed by atoms with Gasteiger partial charge in [0.1, 0.15) is 5.82 Å². The lowest BCUT2D eigenvalue weighted by molar-refractivity contribution is -0.130. The normalized spacial score (nSPS) is 18.3. The number of carbonyl (C=O) groups is 2. The summed E-state index contributed by atoms with van der Waals surface area (Å²) in [5, 5.41) is 2.93. The number of carbonyl (C=O) groups excluding carboxylic acids is 2. The molecule has 0 aromatic carbocycles. The number of pyridine rings is 1. The van der Waals surface area contributed by atoms with Gasteiger partial charge in [-0.3, -0.25) is 9.59 Å². The number of hydrogen-bond donors (Lipinski definition) is 1. The van der Waals surface area contributed by atoms with Crippen LogP contribution in [0.1, 0.15) is 55.3 Å². The van der Waals surface area contributed by atoms with E-state index >= 15 is 0 Å². The smallest absolute Gasteiger partial charge is 0.252 e. The van der Waals surface area contributed by atoms with Gasteiger partial charge in [-0.1, -0.05) is 6.42 Å². The Balaban J connectivity index is 1.40. The Labute approximate surface area is 149 Å². The van der Waals surface area contributed by atoms with Crippen LogP contribution in [0.25, 0.3) is 0 Å². The number of anilines is 1. The molecule has 1 aromatic rings. The van der Waals surface area contributed by atoms with Crippen LogP contribution in [0.4, 0.5) is 5.82 Å². The van der Waals surface area contributed by atoms with Crippen LogP contribution >= 0.6 is 0 Å². The van der Waals surface area contributed by atoms with E-state index < -0.39 is 0 Å². The molecule has 2 fully saturated rings.